The minimum Gasteiger partial charge on any atom is -0.345 e. The van der Waals surface area contributed by atoms with Gasteiger partial charge in [-0.15, -0.1) is 0 Å². The molecule has 0 fully saturated rings. The number of aromatic nitrogens is 2. The first kappa shape index (κ1) is 16.6. The smallest absolute Gasteiger partial charge is 0.235 e. The van der Waals surface area contributed by atoms with Crippen LogP contribution >= 0.6 is 11.8 Å². The van der Waals surface area contributed by atoms with Gasteiger partial charge in [0, 0.05) is 24.8 Å². The van der Waals surface area contributed by atoms with Crippen LogP contribution in [0, 0.1) is 0 Å². The number of hydrogen-bond acceptors (Lipinski definition) is 3. The lowest BCUT2D eigenvalue weighted by atomic mass is 10.1. The van der Waals surface area contributed by atoms with Crippen molar-refractivity contribution in [1.82, 2.24) is 15.1 Å². The van der Waals surface area contributed by atoms with Gasteiger partial charge in [-0.25, -0.2) is 0 Å². The quantitative estimate of drug-likeness (QED) is 0.853. The molecule has 0 aliphatic carbocycles. The molecule has 1 N–H and O–H groups in total. The van der Waals surface area contributed by atoms with Crippen molar-refractivity contribution in [3.05, 3.63) is 42.1 Å². The third-order valence-corrected chi connectivity index (χ3v) is 4.63. The molecule has 118 valence electrons. The zero-order chi connectivity index (χ0) is 15.9. The zero-order valence-corrected chi connectivity index (χ0v) is 14.2. The second kappa shape index (κ2) is 8.03. The van der Waals surface area contributed by atoms with Gasteiger partial charge >= 0.3 is 0 Å². The lowest BCUT2D eigenvalue weighted by Gasteiger charge is -2.20. The second-order valence-electron chi connectivity index (χ2n) is 5.39. The van der Waals surface area contributed by atoms with Crippen LogP contribution in [-0.4, -0.2) is 46.1 Å². The second-order valence-corrected chi connectivity index (χ2v) is 6.56. The Balaban J connectivity index is 1.83. The van der Waals surface area contributed by atoms with Gasteiger partial charge in [-0.1, -0.05) is 30.3 Å². The van der Waals surface area contributed by atoms with E-state index in [0.717, 1.165) is 36.3 Å². The highest BCUT2D eigenvalue weighted by Gasteiger charge is 2.15. The molecule has 4 nitrogen and oxygen atoms in total. The molecule has 22 heavy (non-hydrogen) atoms. The molecule has 0 aliphatic rings. The van der Waals surface area contributed by atoms with E-state index in [1.54, 1.807) is 11.8 Å². The first-order valence-corrected chi connectivity index (χ1v) is 8.78. The van der Waals surface area contributed by atoms with Crippen LogP contribution in [-0.2, 0) is 11.2 Å². The fraction of sp³-hybridized carbons (Fsp3) is 0.412. The third-order valence-electron chi connectivity index (χ3n) is 3.72. The summed E-state index contributed by atoms with van der Waals surface area (Å²) in [6.45, 7) is 2.72. The van der Waals surface area contributed by atoms with E-state index in [-0.39, 0.29) is 11.2 Å². The van der Waals surface area contributed by atoms with E-state index >= 15 is 0 Å². The van der Waals surface area contributed by atoms with Gasteiger partial charge in [0.25, 0.3) is 0 Å². The predicted octanol–water partition coefficient (Wildman–Crippen LogP) is 3.22. The van der Waals surface area contributed by atoms with E-state index in [4.69, 9.17) is 0 Å². The molecule has 0 unspecified atom stereocenters. The van der Waals surface area contributed by atoms with Gasteiger partial charge in [0.15, 0.2) is 0 Å². The van der Waals surface area contributed by atoms with Crippen LogP contribution < -0.4 is 0 Å². The van der Waals surface area contributed by atoms with E-state index < -0.39 is 0 Å². The minimum absolute atomic E-state index is 0.0295. The average Bonchev–Trinajstić information content (AvgIpc) is 3.03. The Labute approximate surface area is 136 Å². The number of amides is 1. The van der Waals surface area contributed by atoms with Crippen molar-refractivity contribution >= 4 is 17.7 Å². The predicted molar refractivity (Wildman–Crippen MR) is 93.0 cm³/mol. The van der Waals surface area contributed by atoms with Crippen molar-refractivity contribution in [3.8, 4) is 11.3 Å². The minimum atomic E-state index is 0.0295. The van der Waals surface area contributed by atoms with E-state index in [0.29, 0.717) is 0 Å². The molecule has 0 aliphatic heterocycles. The van der Waals surface area contributed by atoms with Crippen molar-refractivity contribution in [2.24, 2.45) is 0 Å². The number of carbonyl (C=O) groups excluding carboxylic acids is 1. The lowest BCUT2D eigenvalue weighted by molar-refractivity contribution is -0.129. The number of carbonyl (C=O) groups is 1. The van der Waals surface area contributed by atoms with Crippen LogP contribution in [0.5, 0.6) is 0 Å². The lowest BCUT2D eigenvalue weighted by Crippen LogP contribution is -2.34. The van der Waals surface area contributed by atoms with Gasteiger partial charge < -0.3 is 4.90 Å². The standard InChI is InChI=1S/C17H23N3OS/c1-13(22-3)17(21)20(2)11-7-10-15-12-16(19-18-15)14-8-5-4-6-9-14/h4-6,8-9,12-13H,7,10-11H2,1-3H3,(H,18,19)/t13-/m1/s1. The summed E-state index contributed by atoms with van der Waals surface area (Å²) in [5.74, 6) is 0.196. The van der Waals surface area contributed by atoms with Gasteiger partial charge in [-0.2, -0.15) is 16.9 Å². The maximum absolute atomic E-state index is 12.0. The molecule has 1 atom stereocenters. The maximum atomic E-state index is 12.0. The highest BCUT2D eigenvalue weighted by atomic mass is 32.2. The van der Waals surface area contributed by atoms with Gasteiger partial charge in [0.1, 0.15) is 0 Å². The first-order valence-electron chi connectivity index (χ1n) is 7.49. The molecular formula is C17H23N3OS. The SMILES string of the molecule is CS[C@H](C)C(=O)N(C)CCCc1cc(-c2ccccc2)n[nH]1. The maximum Gasteiger partial charge on any atom is 0.235 e. The monoisotopic (exact) mass is 317 g/mol. The summed E-state index contributed by atoms with van der Waals surface area (Å²) in [5, 5.41) is 7.46. The van der Waals surface area contributed by atoms with Gasteiger partial charge in [0.05, 0.1) is 10.9 Å². The van der Waals surface area contributed by atoms with E-state index in [1.165, 1.54) is 0 Å². The fourth-order valence-electron chi connectivity index (χ4n) is 2.27. The number of thioether (sulfide) groups is 1. The topological polar surface area (TPSA) is 49.0 Å². The molecule has 2 aromatic rings. The van der Waals surface area contributed by atoms with Crippen LogP contribution in [0.1, 0.15) is 19.0 Å². The highest BCUT2D eigenvalue weighted by molar-refractivity contribution is 7.99. The van der Waals surface area contributed by atoms with Crippen molar-refractivity contribution in [2.75, 3.05) is 19.8 Å². The number of hydrogen-bond donors (Lipinski definition) is 1. The number of rotatable bonds is 7. The van der Waals surface area contributed by atoms with Gasteiger partial charge in [0.2, 0.25) is 5.91 Å². The molecule has 1 amide bonds. The zero-order valence-electron chi connectivity index (χ0n) is 13.4. The number of H-pyrrole nitrogens is 1. The Morgan fingerprint density at radius 1 is 1.36 bits per heavy atom. The average molecular weight is 317 g/mol. The molecule has 0 spiro atoms. The van der Waals surface area contributed by atoms with E-state index in [9.17, 15) is 4.79 Å². The summed E-state index contributed by atoms with van der Waals surface area (Å²) in [6.07, 6.45) is 3.79. The van der Waals surface area contributed by atoms with E-state index in [1.807, 2.05) is 43.3 Å². The summed E-state index contributed by atoms with van der Waals surface area (Å²) >= 11 is 1.58. The molecule has 5 heteroatoms. The van der Waals surface area contributed by atoms with Crippen molar-refractivity contribution in [2.45, 2.75) is 25.0 Å². The summed E-state index contributed by atoms with van der Waals surface area (Å²) in [4.78, 5) is 13.8. The molecule has 2 rings (SSSR count). The van der Waals surface area contributed by atoms with Gasteiger partial charge in [-0.05, 0) is 32.1 Å². The Hall–Kier alpha value is -1.75. The molecule has 0 bridgehead atoms. The number of nitrogens with zero attached hydrogens (tertiary/aromatic N) is 2. The number of nitrogens with one attached hydrogen (secondary N) is 1. The fourth-order valence-corrected chi connectivity index (χ4v) is 2.66. The molecule has 1 heterocycles. The highest BCUT2D eigenvalue weighted by Crippen LogP contribution is 2.17. The van der Waals surface area contributed by atoms with Crippen LogP contribution in [0.15, 0.2) is 36.4 Å². The third kappa shape index (κ3) is 4.37. The van der Waals surface area contributed by atoms with Gasteiger partial charge in [-0.3, -0.25) is 9.89 Å². The Morgan fingerprint density at radius 2 is 2.09 bits per heavy atom. The van der Waals surface area contributed by atoms with Crippen molar-refractivity contribution in [1.29, 1.82) is 0 Å². The number of aromatic amines is 1. The number of aryl methyl sites for hydroxylation is 1. The van der Waals surface area contributed by atoms with E-state index in [2.05, 4.69) is 28.4 Å². The Kier molecular flexibility index (Phi) is 6.07. The summed E-state index contributed by atoms with van der Waals surface area (Å²) in [6, 6.07) is 12.2. The molecule has 0 saturated heterocycles. The molecular weight excluding hydrogens is 294 g/mol. The molecule has 1 aromatic carbocycles. The molecule has 0 radical (unpaired) electrons. The number of benzene rings is 1. The normalized spacial score (nSPS) is 12.1. The van der Waals surface area contributed by atoms with Crippen molar-refractivity contribution in [3.63, 3.8) is 0 Å². The van der Waals surface area contributed by atoms with Crippen LogP contribution in [0.3, 0.4) is 0 Å². The first-order chi connectivity index (χ1) is 10.6. The largest absolute Gasteiger partial charge is 0.345 e. The Morgan fingerprint density at radius 3 is 2.77 bits per heavy atom. The molecule has 0 saturated carbocycles. The summed E-state index contributed by atoms with van der Waals surface area (Å²) < 4.78 is 0. The van der Waals surface area contributed by atoms with Crippen LogP contribution in [0.2, 0.25) is 0 Å². The van der Waals surface area contributed by atoms with Crippen molar-refractivity contribution < 1.29 is 4.79 Å². The molecule has 1 aromatic heterocycles. The van der Waals surface area contributed by atoms with Crippen LogP contribution in [0.4, 0.5) is 0 Å². The summed E-state index contributed by atoms with van der Waals surface area (Å²) in [7, 11) is 1.87. The Bertz CT molecular complexity index is 597. The summed E-state index contributed by atoms with van der Waals surface area (Å²) in [5.41, 5.74) is 3.19. The van der Waals surface area contributed by atoms with Crippen LogP contribution in [0.25, 0.3) is 11.3 Å².